The molecule has 1 N–H and O–H groups in total. The number of benzene rings is 2. The van der Waals surface area contributed by atoms with E-state index in [0.29, 0.717) is 23.1 Å². The molecule has 2 aliphatic rings. The van der Waals surface area contributed by atoms with E-state index in [2.05, 4.69) is 21.2 Å². The highest BCUT2D eigenvalue weighted by Gasteiger charge is 2.33. The number of nitrogens with zero attached hydrogens (tertiary/aromatic N) is 1. The van der Waals surface area contributed by atoms with Crippen molar-refractivity contribution in [2.45, 2.75) is 36.7 Å². The van der Waals surface area contributed by atoms with Crippen molar-refractivity contribution in [3.63, 3.8) is 0 Å². The van der Waals surface area contributed by atoms with Crippen LogP contribution in [-0.2, 0) is 32.7 Å². The number of hydrogen-bond donors (Lipinski definition) is 1. The second kappa shape index (κ2) is 7.55. The molecule has 1 atom stereocenters. The molecule has 0 saturated carbocycles. The van der Waals surface area contributed by atoms with Gasteiger partial charge in [-0.05, 0) is 51.2 Å². The summed E-state index contributed by atoms with van der Waals surface area (Å²) in [6.45, 7) is 0.503. The molecule has 0 bridgehead atoms. The summed E-state index contributed by atoms with van der Waals surface area (Å²) in [5, 5.41) is 2.37. The van der Waals surface area contributed by atoms with Crippen molar-refractivity contribution in [2.24, 2.45) is 0 Å². The number of amides is 2. The van der Waals surface area contributed by atoms with Crippen LogP contribution in [0.4, 0.5) is 0 Å². The van der Waals surface area contributed by atoms with E-state index in [4.69, 9.17) is 4.74 Å². The van der Waals surface area contributed by atoms with Crippen LogP contribution in [0.5, 0.6) is 5.75 Å². The molecule has 7 nitrogen and oxygen atoms in total. The van der Waals surface area contributed by atoms with Crippen LogP contribution in [0.3, 0.4) is 0 Å². The van der Waals surface area contributed by atoms with E-state index in [1.807, 2.05) is 18.2 Å². The van der Waals surface area contributed by atoms with Crippen molar-refractivity contribution >= 4 is 37.8 Å². The maximum Gasteiger partial charge on any atom is 0.243 e. The molecule has 0 aromatic heterocycles. The zero-order valence-electron chi connectivity index (χ0n) is 15.6. The molecule has 2 aliphatic heterocycles. The Balaban J connectivity index is 1.59. The van der Waals surface area contributed by atoms with Gasteiger partial charge in [-0.2, -0.15) is 4.31 Å². The minimum atomic E-state index is -3.70. The summed E-state index contributed by atoms with van der Waals surface area (Å²) < 4.78 is 33.5. The van der Waals surface area contributed by atoms with Crippen LogP contribution in [0.25, 0.3) is 0 Å². The number of methoxy groups -OCH3 is 1. The standard InChI is InChI=1S/C20H19BrN2O5S/c1-28-18-9-15(4-6-17(18)21)29(26,27)23-10-13-3-2-12(8-14(13)11-23)16-5-7-19(24)22-20(16)25/h2-4,6,8-9,16H,5,7,10-11H2,1H3,(H,22,24,25). The number of sulfonamides is 1. The summed E-state index contributed by atoms with van der Waals surface area (Å²) in [6.07, 6.45) is 0.767. The van der Waals surface area contributed by atoms with Crippen LogP contribution in [-0.4, -0.2) is 31.6 Å². The number of carbonyl (C=O) groups is 2. The second-order valence-corrected chi connectivity index (χ2v) is 9.89. The molecule has 0 aliphatic carbocycles. The van der Waals surface area contributed by atoms with Crippen molar-refractivity contribution in [3.8, 4) is 5.75 Å². The lowest BCUT2D eigenvalue weighted by Gasteiger charge is -2.21. The van der Waals surface area contributed by atoms with E-state index in [-0.39, 0.29) is 35.7 Å². The molecule has 2 heterocycles. The van der Waals surface area contributed by atoms with Crippen LogP contribution >= 0.6 is 15.9 Å². The molecule has 152 valence electrons. The Kier molecular flexibility index (Phi) is 5.22. The lowest BCUT2D eigenvalue weighted by molar-refractivity contribution is -0.134. The Morgan fingerprint density at radius 3 is 2.59 bits per heavy atom. The van der Waals surface area contributed by atoms with E-state index >= 15 is 0 Å². The Labute approximate surface area is 177 Å². The van der Waals surface area contributed by atoms with Crippen LogP contribution in [0.15, 0.2) is 45.8 Å². The second-order valence-electron chi connectivity index (χ2n) is 7.10. The number of nitrogens with one attached hydrogen (secondary N) is 1. The van der Waals surface area contributed by atoms with E-state index in [0.717, 1.165) is 16.7 Å². The predicted molar refractivity (Wildman–Crippen MR) is 109 cm³/mol. The van der Waals surface area contributed by atoms with Crippen LogP contribution in [0.2, 0.25) is 0 Å². The first kappa shape index (κ1) is 20.1. The third-order valence-electron chi connectivity index (χ3n) is 5.33. The van der Waals surface area contributed by atoms with Gasteiger partial charge < -0.3 is 4.74 Å². The minimum absolute atomic E-state index is 0.163. The Hall–Kier alpha value is -2.23. The van der Waals surface area contributed by atoms with E-state index in [1.165, 1.54) is 17.5 Å². The van der Waals surface area contributed by atoms with Gasteiger partial charge >= 0.3 is 0 Å². The fraction of sp³-hybridized carbons (Fsp3) is 0.300. The molecule has 4 rings (SSSR count). The number of fused-ring (bicyclic) bond motifs is 1. The number of ether oxygens (including phenoxy) is 1. The third kappa shape index (κ3) is 3.70. The predicted octanol–water partition coefficient (Wildman–Crippen LogP) is 2.68. The summed E-state index contributed by atoms with van der Waals surface area (Å²) in [7, 11) is -2.22. The molecule has 9 heteroatoms. The van der Waals surface area contributed by atoms with Gasteiger partial charge in [0, 0.05) is 25.6 Å². The normalized spacial score (nSPS) is 19.7. The number of piperidine rings is 1. The molecule has 1 saturated heterocycles. The van der Waals surface area contributed by atoms with Gasteiger partial charge in [0.25, 0.3) is 0 Å². The van der Waals surface area contributed by atoms with Crippen molar-refractivity contribution in [2.75, 3.05) is 7.11 Å². The molecule has 2 amide bonds. The number of hydrogen-bond acceptors (Lipinski definition) is 5. The molecule has 1 fully saturated rings. The highest BCUT2D eigenvalue weighted by atomic mass is 79.9. The van der Waals surface area contributed by atoms with Crippen molar-refractivity contribution < 1.29 is 22.7 Å². The average molecular weight is 479 g/mol. The summed E-state index contributed by atoms with van der Waals surface area (Å²) in [5.74, 6) is -0.498. The molecule has 2 aromatic carbocycles. The van der Waals surface area contributed by atoms with E-state index in [9.17, 15) is 18.0 Å². The topological polar surface area (TPSA) is 92.8 Å². The number of imide groups is 1. The van der Waals surface area contributed by atoms with Gasteiger partial charge in [0.15, 0.2) is 0 Å². The lowest BCUT2D eigenvalue weighted by atomic mass is 9.89. The van der Waals surface area contributed by atoms with E-state index in [1.54, 1.807) is 12.1 Å². The zero-order chi connectivity index (χ0) is 20.8. The molecule has 1 unspecified atom stereocenters. The summed E-state index contributed by atoms with van der Waals surface area (Å²) in [6, 6.07) is 10.3. The first-order chi connectivity index (χ1) is 13.8. The third-order valence-corrected chi connectivity index (χ3v) is 7.77. The van der Waals surface area contributed by atoms with Gasteiger partial charge in [-0.15, -0.1) is 0 Å². The minimum Gasteiger partial charge on any atom is -0.496 e. The monoisotopic (exact) mass is 478 g/mol. The van der Waals surface area contributed by atoms with Crippen molar-refractivity contribution in [1.29, 1.82) is 0 Å². The van der Waals surface area contributed by atoms with Gasteiger partial charge in [-0.1, -0.05) is 18.2 Å². The largest absolute Gasteiger partial charge is 0.496 e. The number of halogens is 1. The molecular formula is C20H19BrN2O5S. The SMILES string of the molecule is COc1cc(S(=O)(=O)N2Cc3ccc(C4CCC(=O)NC4=O)cc3C2)ccc1Br. The highest BCUT2D eigenvalue weighted by molar-refractivity contribution is 9.10. The van der Waals surface area contributed by atoms with Gasteiger partial charge in [0.2, 0.25) is 21.8 Å². The Morgan fingerprint density at radius 1 is 1.10 bits per heavy atom. The molecule has 0 spiro atoms. The highest BCUT2D eigenvalue weighted by Crippen LogP contribution is 2.34. The van der Waals surface area contributed by atoms with Gasteiger partial charge in [-0.3, -0.25) is 14.9 Å². The summed E-state index contributed by atoms with van der Waals surface area (Å²) in [5.41, 5.74) is 2.59. The van der Waals surface area contributed by atoms with Crippen LogP contribution < -0.4 is 10.1 Å². The quantitative estimate of drug-likeness (QED) is 0.681. The molecule has 29 heavy (non-hydrogen) atoms. The van der Waals surface area contributed by atoms with Crippen LogP contribution in [0.1, 0.15) is 35.4 Å². The maximum atomic E-state index is 13.1. The first-order valence-corrected chi connectivity index (χ1v) is 11.3. The van der Waals surface area contributed by atoms with Gasteiger partial charge in [-0.25, -0.2) is 8.42 Å². The Bertz CT molecular complexity index is 1120. The zero-order valence-corrected chi connectivity index (χ0v) is 18.0. The molecule has 0 radical (unpaired) electrons. The summed E-state index contributed by atoms with van der Waals surface area (Å²) in [4.78, 5) is 23.7. The van der Waals surface area contributed by atoms with E-state index < -0.39 is 10.0 Å². The van der Waals surface area contributed by atoms with Crippen LogP contribution in [0, 0.1) is 0 Å². The number of carbonyl (C=O) groups excluding carboxylic acids is 2. The lowest BCUT2D eigenvalue weighted by Crippen LogP contribution is -2.39. The fourth-order valence-corrected chi connectivity index (χ4v) is 5.55. The maximum absolute atomic E-state index is 13.1. The van der Waals surface area contributed by atoms with Crippen molar-refractivity contribution in [1.82, 2.24) is 9.62 Å². The Morgan fingerprint density at radius 2 is 1.86 bits per heavy atom. The number of rotatable bonds is 4. The smallest absolute Gasteiger partial charge is 0.243 e. The molecule has 2 aromatic rings. The molecular weight excluding hydrogens is 460 g/mol. The first-order valence-electron chi connectivity index (χ1n) is 9.08. The van der Waals surface area contributed by atoms with Gasteiger partial charge in [0.1, 0.15) is 5.75 Å². The van der Waals surface area contributed by atoms with Crippen molar-refractivity contribution in [3.05, 3.63) is 57.6 Å². The summed E-state index contributed by atoms with van der Waals surface area (Å²) >= 11 is 3.33. The van der Waals surface area contributed by atoms with Gasteiger partial charge in [0.05, 0.1) is 22.4 Å². The fourth-order valence-electron chi connectivity index (χ4n) is 3.73. The average Bonchev–Trinajstić information content (AvgIpc) is 3.12.